The number of aryl methyl sites for hydroxylation is 1. The molecule has 0 unspecified atom stereocenters. The maximum absolute atomic E-state index is 11.5. The summed E-state index contributed by atoms with van der Waals surface area (Å²) in [5.74, 6) is -0.197. The summed E-state index contributed by atoms with van der Waals surface area (Å²) >= 11 is 3.10. The van der Waals surface area contributed by atoms with E-state index in [-0.39, 0.29) is 11.9 Å². The average molecular weight is 272 g/mol. The van der Waals surface area contributed by atoms with Gasteiger partial charge in [-0.15, -0.1) is 5.10 Å². The van der Waals surface area contributed by atoms with Crippen molar-refractivity contribution in [1.29, 1.82) is 0 Å². The molecule has 1 N–H and O–H groups in total. The van der Waals surface area contributed by atoms with Crippen LogP contribution >= 0.6 is 15.9 Å². The van der Waals surface area contributed by atoms with Crippen molar-refractivity contribution in [2.24, 2.45) is 7.05 Å². The highest BCUT2D eigenvalue weighted by molar-refractivity contribution is 9.10. The summed E-state index contributed by atoms with van der Waals surface area (Å²) in [5.41, 5.74) is 0.384. The van der Waals surface area contributed by atoms with Gasteiger partial charge in [-0.25, -0.2) is 0 Å². The van der Waals surface area contributed by atoms with E-state index in [1.807, 2.05) is 0 Å². The van der Waals surface area contributed by atoms with E-state index >= 15 is 0 Å². The second-order valence-electron chi connectivity index (χ2n) is 2.70. The van der Waals surface area contributed by atoms with Crippen LogP contribution in [0.3, 0.4) is 0 Å². The molecule has 2 heterocycles. The molecule has 7 nitrogen and oxygen atoms in total. The van der Waals surface area contributed by atoms with Crippen molar-refractivity contribution in [2.45, 2.75) is 0 Å². The van der Waals surface area contributed by atoms with Gasteiger partial charge in [0.1, 0.15) is 6.26 Å². The lowest BCUT2D eigenvalue weighted by molar-refractivity contribution is 0.102. The zero-order valence-corrected chi connectivity index (χ0v) is 9.22. The van der Waals surface area contributed by atoms with E-state index < -0.39 is 0 Å². The standard InChI is InChI=1S/C7H6BrN5O2/c1-13-11-7(10-12-13)9-6(14)4-2-5(8)15-3-4/h2-3H,1H3,(H,9,11,14). The van der Waals surface area contributed by atoms with Crippen LogP contribution in [0, 0.1) is 0 Å². The molecule has 78 valence electrons. The smallest absolute Gasteiger partial charge is 0.270 e. The Hall–Kier alpha value is -1.70. The maximum atomic E-state index is 11.5. The highest BCUT2D eigenvalue weighted by Crippen LogP contribution is 2.14. The summed E-state index contributed by atoms with van der Waals surface area (Å²) < 4.78 is 5.41. The number of anilines is 1. The molecule has 2 aromatic heterocycles. The largest absolute Gasteiger partial charge is 0.457 e. The highest BCUT2D eigenvalue weighted by atomic mass is 79.9. The molecule has 2 rings (SSSR count). The number of carbonyl (C=O) groups excluding carboxylic acids is 1. The van der Waals surface area contributed by atoms with Crippen molar-refractivity contribution < 1.29 is 9.21 Å². The van der Waals surface area contributed by atoms with Crippen molar-refractivity contribution in [3.05, 3.63) is 22.6 Å². The van der Waals surface area contributed by atoms with Gasteiger partial charge in [0.25, 0.3) is 11.9 Å². The minimum Gasteiger partial charge on any atom is -0.457 e. The minimum absolute atomic E-state index is 0.153. The molecule has 0 spiro atoms. The molecule has 15 heavy (non-hydrogen) atoms. The van der Waals surface area contributed by atoms with Crippen LogP contribution < -0.4 is 5.32 Å². The van der Waals surface area contributed by atoms with Crippen LogP contribution in [0.1, 0.15) is 10.4 Å². The van der Waals surface area contributed by atoms with Gasteiger partial charge in [-0.2, -0.15) is 4.80 Å². The second kappa shape index (κ2) is 3.81. The van der Waals surface area contributed by atoms with Crippen LogP contribution in [-0.2, 0) is 7.05 Å². The Morgan fingerprint density at radius 1 is 1.67 bits per heavy atom. The van der Waals surface area contributed by atoms with Crippen molar-refractivity contribution in [2.75, 3.05) is 5.32 Å². The van der Waals surface area contributed by atoms with Crippen LogP contribution in [0.2, 0.25) is 0 Å². The number of hydrogen-bond donors (Lipinski definition) is 1. The number of nitrogens with one attached hydrogen (secondary N) is 1. The Kier molecular flexibility index (Phi) is 2.50. The number of amides is 1. The number of furan rings is 1. The molecule has 0 fully saturated rings. The van der Waals surface area contributed by atoms with Crippen LogP contribution in [0.5, 0.6) is 0 Å². The molecule has 0 radical (unpaired) electrons. The normalized spacial score (nSPS) is 10.3. The molecule has 0 saturated carbocycles. The molecule has 0 aliphatic rings. The Morgan fingerprint density at radius 2 is 2.47 bits per heavy atom. The Balaban J connectivity index is 2.10. The molecule has 0 saturated heterocycles. The molecule has 8 heteroatoms. The fraction of sp³-hybridized carbons (Fsp3) is 0.143. The molecule has 0 aliphatic heterocycles. The number of carbonyl (C=O) groups is 1. The van der Waals surface area contributed by atoms with E-state index in [9.17, 15) is 4.79 Å². The number of rotatable bonds is 2. The first kappa shape index (κ1) is 9.84. The maximum Gasteiger partial charge on any atom is 0.270 e. The number of hydrogen-bond acceptors (Lipinski definition) is 5. The first-order chi connectivity index (χ1) is 7.15. The molecular weight excluding hydrogens is 266 g/mol. The lowest BCUT2D eigenvalue weighted by Gasteiger charge is -1.94. The quantitative estimate of drug-likeness (QED) is 0.874. The van der Waals surface area contributed by atoms with Crippen LogP contribution in [0.15, 0.2) is 21.4 Å². The molecule has 0 atom stereocenters. The lowest BCUT2D eigenvalue weighted by Crippen LogP contribution is -2.12. The molecule has 0 aliphatic carbocycles. The Morgan fingerprint density at radius 3 is 3.00 bits per heavy atom. The second-order valence-corrected chi connectivity index (χ2v) is 3.48. The van der Waals surface area contributed by atoms with Gasteiger partial charge in [-0.1, -0.05) is 5.10 Å². The summed E-state index contributed by atoms with van der Waals surface area (Å²) in [6.07, 6.45) is 1.33. The summed E-state index contributed by atoms with van der Waals surface area (Å²) in [7, 11) is 1.61. The summed E-state index contributed by atoms with van der Waals surface area (Å²) in [5, 5.41) is 13.5. The van der Waals surface area contributed by atoms with Gasteiger partial charge in [0, 0.05) is 6.07 Å². The van der Waals surface area contributed by atoms with E-state index in [0.717, 1.165) is 0 Å². The topological polar surface area (TPSA) is 85.8 Å². The number of aromatic nitrogens is 4. The van der Waals surface area contributed by atoms with Gasteiger partial charge in [0.05, 0.1) is 12.6 Å². The highest BCUT2D eigenvalue weighted by Gasteiger charge is 2.11. The van der Waals surface area contributed by atoms with Gasteiger partial charge >= 0.3 is 0 Å². The number of tetrazole rings is 1. The molecule has 0 bridgehead atoms. The van der Waals surface area contributed by atoms with Gasteiger partial charge in [-0.05, 0) is 21.1 Å². The Labute approximate surface area is 92.6 Å². The zero-order valence-electron chi connectivity index (χ0n) is 7.64. The van der Waals surface area contributed by atoms with Crippen molar-refractivity contribution in [3.63, 3.8) is 0 Å². The summed E-state index contributed by atoms with van der Waals surface area (Å²) in [6, 6.07) is 1.55. The summed E-state index contributed by atoms with van der Waals surface area (Å²) in [4.78, 5) is 12.8. The fourth-order valence-electron chi connectivity index (χ4n) is 0.937. The predicted octanol–water partition coefficient (Wildman–Crippen LogP) is 0.818. The molecule has 0 aromatic carbocycles. The lowest BCUT2D eigenvalue weighted by atomic mass is 10.3. The molecule has 1 amide bonds. The Bertz CT molecular complexity index is 491. The van der Waals surface area contributed by atoms with Crippen molar-refractivity contribution in [3.8, 4) is 0 Å². The SMILES string of the molecule is Cn1nnc(NC(=O)c2coc(Br)c2)n1. The van der Waals surface area contributed by atoms with E-state index in [1.54, 1.807) is 13.1 Å². The van der Waals surface area contributed by atoms with Gasteiger partial charge in [0.15, 0.2) is 4.67 Å². The van der Waals surface area contributed by atoms with Crippen LogP contribution in [0.4, 0.5) is 5.95 Å². The third kappa shape index (κ3) is 2.21. The van der Waals surface area contributed by atoms with Gasteiger partial charge in [0.2, 0.25) is 0 Å². The molecule has 2 aromatic rings. The fourth-order valence-corrected chi connectivity index (χ4v) is 1.28. The monoisotopic (exact) mass is 271 g/mol. The van der Waals surface area contributed by atoms with E-state index in [4.69, 9.17) is 4.42 Å². The predicted molar refractivity (Wildman–Crippen MR) is 53.2 cm³/mol. The number of halogens is 1. The molecular formula is C7H6BrN5O2. The van der Waals surface area contributed by atoms with Gasteiger partial charge < -0.3 is 4.42 Å². The average Bonchev–Trinajstić information content (AvgIpc) is 2.75. The van der Waals surface area contributed by atoms with E-state index in [0.29, 0.717) is 10.2 Å². The minimum atomic E-state index is -0.350. The van der Waals surface area contributed by atoms with Gasteiger partial charge in [-0.3, -0.25) is 10.1 Å². The van der Waals surface area contributed by atoms with E-state index in [2.05, 4.69) is 36.7 Å². The van der Waals surface area contributed by atoms with Crippen LogP contribution in [0.25, 0.3) is 0 Å². The van der Waals surface area contributed by atoms with Crippen LogP contribution in [-0.4, -0.2) is 26.1 Å². The first-order valence-electron chi connectivity index (χ1n) is 3.94. The summed E-state index contributed by atoms with van der Waals surface area (Å²) in [6.45, 7) is 0. The van der Waals surface area contributed by atoms with E-state index in [1.165, 1.54) is 11.1 Å². The third-order valence-electron chi connectivity index (χ3n) is 1.56. The third-order valence-corrected chi connectivity index (χ3v) is 1.98. The number of nitrogens with zero attached hydrogens (tertiary/aromatic N) is 4. The zero-order chi connectivity index (χ0) is 10.8. The van der Waals surface area contributed by atoms with Crippen molar-refractivity contribution in [1.82, 2.24) is 20.2 Å². The van der Waals surface area contributed by atoms with Crippen molar-refractivity contribution >= 4 is 27.8 Å². The first-order valence-corrected chi connectivity index (χ1v) is 4.74.